The summed E-state index contributed by atoms with van der Waals surface area (Å²) >= 11 is 5.78. The van der Waals surface area contributed by atoms with E-state index in [1.165, 1.54) is 17.2 Å². The molecule has 1 fully saturated rings. The van der Waals surface area contributed by atoms with Gasteiger partial charge in [0.2, 0.25) is 0 Å². The van der Waals surface area contributed by atoms with E-state index in [2.05, 4.69) is 4.98 Å². The fourth-order valence-corrected chi connectivity index (χ4v) is 1.88. The molecule has 1 aromatic heterocycles. The van der Waals surface area contributed by atoms with Crippen LogP contribution < -0.4 is 0 Å². The third-order valence-corrected chi connectivity index (χ3v) is 2.85. The van der Waals surface area contributed by atoms with Crippen LogP contribution in [0.1, 0.15) is 10.5 Å². The zero-order valence-corrected chi connectivity index (χ0v) is 10.1. The normalized spacial score (nSPS) is 19.6. The Bertz CT molecular complexity index is 480. The lowest BCUT2D eigenvalue weighted by atomic mass is 10.2. The number of carbonyl (C=O) groups is 2. The lowest BCUT2D eigenvalue weighted by Crippen LogP contribution is -2.52. The number of nitrogens with zero attached hydrogens (tertiary/aromatic N) is 2. The Morgan fingerprint density at radius 3 is 3.00 bits per heavy atom. The molecule has 1 saturated heterocycles. The Kier molecular flexibility index (Phi) is 3.78. The maximum atomic E-state index is 12.2. The average Bonchev–Trinajstić information content (AvgIpc) is 2.38. The molecule has 1 atom stereocenters. The van der Waals surface area contributed by atoms with Gasteiger partial charge in [0.15, 0.2) is 6.04 Å². The van der Waals surface area contributed by atoms with Crippen molar-refractivity contribution in [3.63, 3.8) is 0 Å². The maximum Gasteiger partial charge on any atom is 0.328 e. The molecule has 1 aliphatic rings. The first kappa shape index (κ1) is 12.8. The molecule has 1 N–H and O–H groups in total. The number of carboxylic acids is 1. The van der Waals surface area contributed by atoms with E-state index in [0.717, 1.165) is 0 Å². The van der Waals surface area contributed by atoms with Gasteiger partial charge in [-0.1, -0.05) is 11.6 Å². The van der Waals surface area contributed by atoms with Gasteiger partial charge in [-0.3, -0.25) is 9.78 Å². The number of pyridine rings is 1. The van der Waals surface area contributed by atoms with Gasteiger partial charge in [-0.05, 0) is 12.1 Å². The molecule has 6 nitrogen and oxygen atoms in total. The van der Waals surface area contributed by atoms with Crippen LogP contribution in [0, 0.1) is 0 Å². The average molecular weight is 271 g/mol. The van der Waals surface area contributed by atoms with Crippen LogP contribution >= 0.6 is 11.6 Å². The van der Waals surface area contributed by atoms with E-state index >= 15 is 0 Å². The summed E-state index contributed by atoms with van der Waals surface area (Å²) in [5.74, 6) is -1.54. The zero-order chi connectivity index (χ0) is 13.1. The monoisotopic (exact) mass is 270 g/mol. The first-order chi connectivity index (χ1) is 8.59. The Labute approximate surface area is 108 Å². The molecule has 1 aliphatic heterocycles. The Hall–Kier alpha value is -1.66. The number of ether oxygens (including phenoxy) is 1. The highest BCUT2D eigenvalue weighted by atomic mass is 35.5. The van der Waals surface area contributed by atoms with Crippen molar-refractivity contribution in [2.75, 3.05) is 19.8 Å². The fourth-order valence-electron chi connectivity index (χ4n) is 1.72. The first-order valence-electron chi connectivity index (χ1n) is 5.32. The van der Waals surface area contributed by atoms with Gasteiger partial charge >= 0.3 is 5.97 Å². The number of carboxylic acid groups (broad SMARTS) is 1. The molecule has 0 saturated carbocycles. The van der Waals surface area contributed by atoms with Gasteiger partial charge < -0.3 is 14.7 Å². The van der Waals surface area contributed by atoms with E-state index < -0.39 is 17.9 Å². The molecular weight excluding hydrogens is 260 g/mol. The van der Waals surface area contributed by atoms with Crippen molar-refractivity contribution in [2.45, 2.75) is 6.04 Å². The second-order valence-electron chi connectivity index (χ2n) is 3.79. The lowest BCUT2D eigenvalue weighted by molar-refractivity contribution is -0.147. The Balaban J connectivity index is 2.23. The van der Waals surface area contributed by atoms with Crippen LogP contribution in [0.25, 0.3) is 0 Å². The quantitative estimate of drug-likeness (QED) is 0.854. The van der Waals surface area contributed by atoms with Crippen LogP contribution in [-0.2, 0) is 9.53 Å². The van der Waals surface area contributed by atoms with Crippen molar-refractivity contribution in [2.24, 2.45) is 0 Å². The molecule has 18 heavy (non-hydrogen) atoms. The van der Waals surface area contributed by atoms with E-state index in [1.54, 1.807) is 6.07 Å². The summed E-state index contributed by atoms with van der Waals surface area (Å²) in [6.45, 7) is 0.529. The van der Waals surface area contributed by atoms with Gasteiger partial charge in [0, 0.05) is 17.8 Å². The minimum Gasteiger partial charge on any atom is -0.480 e. The van der Waals surface area contributed by atoms with Gasteiger partial charge in [-0.15, -0.1) is 0 Å². The molecule has 1 unspecified atom stereocenters. The summed E-state index contributed by atoms with van der Waals surface area (Å²) in [5.41, 5.74) is 0.135. The van der Waals surface area contributed by atoms with Crippen molar-refractivity contribution in [1.29, 1.82) is 0 Å². The van der Waals surface area contributed by atoms with Crippen molar-refractivity contribution in [3.8, 4) is 0 Å². The number of halogens is 1. The van der Waals surface area contributed by atoms with E-state index in [0.29, 0.717) is 11.6 Å². The number of carbonyl (C=O) groups excluding carboxylic acids is 1. The van der Waals surface area contributed by atoms with Crippen molar-refractivity contribution in [1.82, 2.24) is 9.88 Å². The molecule has 96 valence electrons. The van der Waals surface area contributed by atoms with Crippen molar-refractivity contribution >= 4 is 23.5 Å². The largest absolute Gasteiger partial charge is 0.480 e. The molecule has 0 radical (unpaired) electrons. The number of morpholine rings is 1. The number of hydrogen-bond acceptors (Lipinski definition) is 4. The molecule has 0 aliphatic carbocycles. The molecular formula is C11H11ClN2O4. The molecule has 1 aromatic rings. The van der Waals surface area contributed by atoms with Crippen molar-refractivity contribution < 1.29 is 19.4 Å². The second kappa shape index (κ2) is 5.32. The predicted molar refractivity (Wildman–Crippen MR) is 62.5 cm³/mol. The topological polar surface area (TPSA) is 79.7 Å². The minimum atomic E-state index is -1.09. The van der Waals surface area contributed by atoms with Gasteiger partial charge in [-0.25, -0.2) is 4.79 Å². The molecule has 0 aromatic carbocycles. The number of aromatic nitrogens is 1. The second-order valence-corrected chi connectivity index (χ2v) is 4.22. The van der Waals surface area contributed by atoms with E-state index in [-0.39, 0.29) is 18.8 Å². The van der Waals surface area contributed by atoms with Gasteiger partial charge in [0.1, 0.15) is 5.69 Å². The molecule has 0 bridgehead atoms. The van der Waals surface area contributed by atoms with Gasteiger partial charge in [0.05, 0.1) is 13.2 Å². The Morgan fingerprint density at radius 2 is 2.33 bits per heavy atom. The number of amides is 1. The summed E-state index contributed by atoms with van der Waals surface area (Å²) in [6.07, 6.45) is 1.41. The molecule has 2 rings (SSSR count). The van der Waals surface area contributed by atoms with Crippen LogP contribution in [0.4, 0.5) is 0 Å². The number of hydrogen-bond donors (Lipinski definition) is 1. The van der Waals surface area contributed by atoms with Crippen LogP contribution in [0.3, 0.4) is 0 Å². The number of rotatable bonds is 2. The summed E-state index contributed by atoms with van der Waals surface area (Å²) in [7, 11) is 0. The zero-order valence-electron chi connectivity index (χ0n) is 9.38. The van der Waals surface area contributed by atoms with Crippen LogP contribution in [0.2, 0.25) is 5.02 Å². The van der Waals surface area contributed by atoms with Crippen LogP contribution in [0.15, 0.2) is 18.3 Å². The van der Waals surface area contributed by atoms with Gasteiger partial charge in [-0.2, -0.15) is 0 Å². The molecule has 0 spiro atoms. The van der Waals surface area contributed by atoms with E-state index in [4.69, 9.17) is 21.4 Å². The highest BCUT2D eigenvalue weighted by molar-refractivity contribution is 6.30. The predicted octanol–water partition coefficient (Wildman–Crippen LogP) is 0.661. The summed E-state index contributed by atoms with van der Waals surface area (Å²) in [6, 6.07) is 1.98. The summed E-state index contributed by atoms with van der Waals surface area (Å²) < 4.78 is 5.06. The lowest BCUT2D eigenvalue weighted by Gasteiger charge is -2.32. The molecule has 1 amide bonds. The minimum absolute atomic E-state index is 0.0123. The van der Waals surface area contributed by atoms with E-state index in [1.807, 2.05) is 0 Å². The highest BCUT2D eigenvalue weighted by Crippen LogP contribution is 2.14. The van der Waals surface area contributed by atoms with E-state index in [9.17, 15) is 9.59 Å². The smallest absolute Gasteiger partial charge is 0.328 e. The third-order valence-electron chi connectivity index (χ3n) is 2.62. The maximum absolute atomic E-state index is 12.2. The molecule has 7 heteroatoms. The third kappa shape index (κ3) is 2.60. The fraction of sp³-hybridized carbons (Fsp3) is 0.364. The van der Waals surface area contributed by atoms with Gasteiger partial charge in [0.25, 0.3) is 5.91 Å². The van der Waals surface area contributed by atoms with Crippen LogP contribution in [0.5, 0.6) is 0 Å². The van der Waals surface area contributed by atoms with Crippen molar-refractivity contribution in [3.05, 3.63) is 29.0 Å². The summed E-state index contributed by atoms with van der Waals surface area (Å²) in [5, 5.41) is 9.42. The first-order valence-corrected chi connectivity index (χ1v) is 5.70. The summed E-state index contributed by atoms with van der Waals surface area (Å²) in [4.78, 5) is 28.3. The van der Waals surface area contributed by atoms with Crippen LogP contribution in [-0.4, -0.2) is 52.7 Å². The molecule has 2 heterocycles. The SMILES string of the molecule is O=C(O)C1COCCN1C(=O)c1cc(Cl)ccn1. The standard InChI is InChI=1S/C11H11ClN2O4/c12-7-1-2-13-8(5-7)10(15)14-3-4-18-6-9(14)11(16)17/h1-2,5,9H,3-4,6H2,(H,16,17). The number of aliphatic carboxylic acids is 1. The Morgan fingerprint density at radius 1 is 1.56 bits per heavy atom. The highest BCUT2D eigenvalue weighted by Gasteiger charge is 2.33.